The van der Waals surface area contributed by atoms with Crippen molar-refractivity contribution in [2.75, 3.05) is 0 Å². The Bertz CT molecular complexity index is 1130. The fourth-order valence-corrected chi connectivity index (χ4v) is 2.79. The summed E-state index contributed by atoms with van der Waals surface area (Å²) >= 11 is 0. The third-order valence-corrected chi connectivity index (χ3v) is 4.34. The molecule has 3 aromatic rings. The Kier molecular flexibility index (Phi) is 6.13. The van der Waals surface area contributed by atoms with Crippen molar-refractivity contribution < 1.29 is 14.7 Å². The van der Waals surface area contributed by atoms with Gasteiger partial charge in [0, 0.05) is 11.9 Å². The summed E-state index contributed by atoms with van der Waals surface area (Å²) in [5.74, 6) is -1.55. The second-order valence-electron chi connectivity index (χ2n) is 6.40. The van der Waals surface area contributed by atoms with Gasteiger partial charge in [0.2, 0.25) is 0 Å². The average molecular weight is 392 g/mol. The minimum atomic E-state index is -1.02. The standard InChI is InChI=1S/C21H20N4O4/c1-2-3-12-25-20(27)17-7-5-4-6-16(17)18(24-25)19(26)23-22-13-14-8-10-15(11-9-14)21(28)29/h4-11,13H,2-3,12H2,1H3,(H,23,26)(H,28,29). The number of unbranched alkanes of at least 4 members (excludes halogenated alkanes) is 1. The van der Waals surface area contributed by atoms with Gasteiger partial charge >= 0.3 is 5.97 Å². The van der Waals surface area contributed by atoms with E-state index >= 15 is 0 Å². The fraction of sp³-hybridized carbons (Fsp3) is 0.190. The highest BCUT2D eigenvalue weighted by Gasteiger charge is 2.16. The van der Waals surface area contributed by atoms with Crippen LogP contribution < -0.4 is 11.0 Å². The zero-order chi connectivity index (χ0) is 20.8. The molecule has 0 aliphatic heterocycles. The Morgan fingerprint density at radius 2 is 1.83 bits per heavy atom. The topological polar surface area (TPSA) is 114 Å². The molecule has 3 rings (SSSR count). The van der Waals surface area contributed by atoms with E-state index in [0.29, 0.717) is 22.9 Å². The van der Waals surface area contributed by atoms with Crippen molar-refractivity contribution in [1.82, 2.24) is 15.2 Å². The van der Waals surface area contributed by atoms with E-state index in [1.165, 1.54) is 23.0 Å². The number of hydrazone groups is 1. The molecule has 0 unspecified atom stereocenters. The van der Waals surface area contributed by atoms with Crippen LogP contribution in [0, 0.1) is 0 Å². The average Bonchev–Trinajstić information content (AvgIpc) is 2.73. The van der Waals surface area contributed by atoms with Gasteiger partial charge < -0.3 is 5.11 Å². The molecule has 0 fully saturated rings. The van der Waals surface area contributed by atoms with Gasteiger partial charge in [-0.2, -0.15) is 10.2 Å². The van der Waals surface area contributed by atoms with E-state index in [-0.39, 0.29) is 16.8 Å². The van der Waals surface area contributed by atoms with Crippen LogP contribution in [-0.2, 0) is 6.54 Å². The number of aryl methyl sites for hydroxylation is 1. The Labute approximate surface area is 166 Å². The summed E-state index contributed by atoms with van der Waals surface area (Å²) in [7, 11) is 0. The fourth-order valence-electron chi connectivity index (χ4n) is 2.79. The molecule has 0 radical (unpaired) electrons. The van der Waals surface area contributed by atoms with Crippen molar-refractivity contribution in [2.45, 2.75) is 26.3 Å². The van der Waals surface area contributed by atoms with Gasteiger partial charge in [0.25, 0.3) is 11.5 Å². The van der Waals surface area contributed by atoms with E-state index in [1.807, 2.05) is 6.92 Å². The summed E-state index contributed by atoms with van der Waals surface area (Å²) in [6.45, 7) is 2.44. The number of carbonyl (C=O) groups is 2. The third kappa shape index (κ3) is 4.55. The number of carboxylic acid groups (broad SMARTS) is 1. The van der Waals surface area contributed by atoms with Gasteiger partial charge in [-0.25, -0.2) is 14.9 Å². The lowest BCUT2D eigenvalue weighted by Crippen LogP contribution is -2.29. The Morgan fingerprint density at radius 3 is 2.48 bits per heavy atom. The van der Waals surface area contributed by atoms with E-state index in [2.05, 4.69) is 15.6 Å². The number of nitrogens with one attached hydrogen (secondary N) is 1. The first kappa shape index (κ1) is 19.9. The number of aromatic carboxylic acids is 1. The van der Waals surface area contributed by atoms with Crippen LogP contribution in [0.3, 0.4) is 0 Å². The van der Waals surface area contributed by atoms with Crippen molar-refractivity contribution in [3.8, 4) is 0 Å². The number of benzene rings is 2. The number of amides is 1. The number of carbonyl (C=O) groups excluding carboxylic acids is 1. The number of aromatic nitrogens is 2. The predicted molar refractivity (Wildman–Crippen MR) is 109 cm³/mol. The normalized spacial score (nSPS) is 11.1. The first-order valence-corrected chi connectivity index (χ1v) is 9.18. The third-order valence-electron chi connectivity index (χ3n) is 4.34. The maximum absolute atomic E-state index is 12.6. The lowest BCUT2D eigenvalue weighted by Gasteiger charge is -2.09. The van der Waals surface area contributed by atoms with Gasteiger partial charge in [0.1, 0.15) is 0 Å². The first-order valence-electron chi connectivity index (χ1n) is 9.18. The van der Waals surface area contributed by atoms with Gasteiger partial charge in [0.15, 0.2) is 5.69 Å². The van der Waals surface area contributed by atoms with E-state index < -0.39 is 11.9 Å². The van der Waals surface area contributed by atoms with E-state index in [1.54, 1.807) is 36.4 Å². The number of fused-ring (bicyclic) bond motifs is 1. The zero-order valence-electron chi connectivity index (χ0n) is 15.8. The molecule has 8 heteroatoms. The van der Waals surface area contributed by atoms with Crippen molar-refractivity contribution in [3.63, 3.8) is 0 Å². The molecule has 0 aliphatic carbocycles. The Balaban J connectivity index is 1.85. The summed E-state index contributed by atoms with van der Waals surface area (Å²) in [5.41, 5.74) is 3.10. The summed E-state index contributed by atoms with van der Waals surface area (Å²) in [6.07, 6.45) is 3.07. The highest BCUT2D eigenvalue weighted by Crippen LogP contribution is 2.13. The lowest BCUT2D eigenvalue weighted by molar-refractivity contribution is 0.0696. The predicted octanol–water partition coefficient (Wildman–Crippen LogP) is 2.66. The van der Waals surface area contributed by atoms with Crippen molar-refractivity contribution >= 4 is 28.9 Å². The molecular weight excluding hydrogens is 372 g/mol. The molecule has 0 aliphatic rings. The highest BCUT2D eigenvalue weighted by molar-refractivity contribution is 6.05. The highest BCUT2D eigenvalue weighted by atomic mass is 16.4. The minimum absolute atomic E-state index is 0.120. The van der Waals surface area contributed by atoms with Crippen LogP contribution in [0.25, 0.3) is 10.8 Å². The molecule has 0 spiro atoms. The van der Waals surface area contributed by atoms with Crippen molar-refractivity contribution in [1.29, 1.82) is 0 Å². The van der Waals surface area contributed by atoms with E-state index in [9.17, 15) is 14.4 Å². The lowest BCUT2D eigenvalue weighted by atomic mass is 10.1. The molecule has 0 bridgehead atoms. The number of hydrogen-bond donors (Lipinski definition) is 2. The molecule has 0 saturated heterocycles. The first-order chi connectivity index (χ1) is 14.0. The maximum atomic E-state index is 12.6. The van der Waals surface area contributed by atoms with E-state index in [0.717, 1.165) is 12.8 Å². The molecule has 1 aromatic heterocycles. The van der Waals surface area contributed by atoms with Crippen LogP contribution in [0.1, 0.15) is 46.2 Å². The largest absolute Gasteiger partial charge is 0.478 e. The van der Waals surface area contributed by atoms with Crippen molar-refractivity contribution in [3.05, 3.63) is 75.7 Å². The molecular formula is C21H20N4O4. The zero-order valence-corrected chi connectivity index (χ0v) is 15.8. The summed E-state index contributed by atoms with van der Waals surface area (Å²) < 4.78 is 1.31. The van der Waals surface area contributed by atoms with Gasteiger partial charge in [0.05, 0.1) is 17.2 Å². The molecule has 148 valence electrons. The second-order valence-corrected chi connectivity index (χ2v) is 6.40. The van der Waals surface area contributed by atoms with Gasteiger partial charge in [-0.05, 0) is 30.2 Å². The quantitative estimate of drug-likeness (QED) is 0.474. The van der Waals surface area contributed by atoms with Crippen LogP contribution in [0.5, 0.6) is 0 Å². The van der Waals surface area contributed by atoms with Crippen LogP contribution in [0.4, 0.5) is 0 Å². The molecule has 0 saturated carbocycles. The monoisotopic (exact) mass is 392 g/mol. The van der Waals surface area contributed by atoms with Crippen LogP contribution in [0.2, 0.25) is 0 Å². The molecule has 29 heavy (non-hydrogen) atoms. The van der Waals surface area contributed by atoms with Crippen LogP contribution in [0.15, 0.2) is 58.4 Å². The Hall–Kier alpha value is -3.81. The molecule has 1 amide bonds. The SMILES string of the molecule is CCCCn1nc(C(=O)NN=Cc2ccc(C(=O)O)cc2)c2ccccc2c1=O. The maximum Gasteiger partial charge on any atom is 0.335 e. The summed E-state index contributed by atoms with van der Waals surface area (Å²) in [6, 6.07) is 12.9. The molecule has 1 heterocycles. The van der Waals surface area contributed by atoms with Crippen LogP contribution >= 0.6 is 0 Å². The smallest absolute Gasteiger partial charge is 0.335 e. The molecule has 2 aromatic carbocycles. The number of nitrogens with zero attached hydrogens (tertiary/aromatic N) is 3. The summed E-state index contributed by atoms with van der Waals surface area (Å²) in [4.78, 5) is 36.1. The second kappa shape index (κ2) is 8.92. The number of hydrogen-bond acceptors (Lipinski definition) is 5. The van der Waals surface area contributed by atoms with Gasteiger partial charge in [-0.3, -0.25) is 9.59 Å². The minimum Gasteiger partial charge on any atom is -0.478 e. The van der Waals surface area contributed by atoms with Gasteiger partial charge in [-0.1, -0.05) is 43.7 Å². The van der Waals surface area contributed by atoms with Crippen molar-refractivity contribution in [2.24, 2.45) is 5.10 Å². The number of rotatable bonds is 7. The molecule has 0 atom stereocenters. The Morgan fingerprint density at radius 1 is 1.14 bits per heavy atom. The summed E-state index contributed by atoms with van der Waals surface area (Å²) in [5, 5.41) is 18.0. The van der Waals surface area contributed by atoms with E-state index in [4.69, 9.17) is 5.11 Å². The molecule has 8 nitrogen and oxygen atoms in total. The number of carboxylic acids is 1. The molecule has 2 N–H and O–H groups in total. The van der Waals surface area contributed by atoms with Crippen LogP contribution in [-0.4, -0.2) is 33.0 Å². The van der Waals surface area contributed by atoms with Gasteiger partial charge in [-0.15, -0.1) is 0 Å².